The van der Waals surface area contributed by atoms with E-state index in [1.165, 1.54) is 6.20 Å². The number of carboxylic acid groups (broad SMARTS) is 1. The number of aromatic nitrogens is 2. The van der Waals surface area contributed by atoms with Crippen molar-refractivity contribution in [3.05, 3.63) is 50.9 Å². The number of carbonyl (C=O) groups is 1. The van der Waals surface area contributed by atoms with E-state index in [0.29, 0.717) is 11.1 Å². The highest BCUT2D eigenvalue weighted by Crippen LogP contribution is 2.22. The molecule has 5 nitrogen and oxygen atoms in total. The quantitative estimate of drug-likeness (QED) is 0.886. The van der Waals surface area contributed by atoms with Gasteiger partial charge in [0.1, 0.15) is 5.56 Å². The van der Waals surface area contributed by atoms with Gasteiger partial charge in [0.05, 0.1) is 6.20 Å². The van der Waals surface area contributed by atoms with Gasteiger partial charge in [0.15, 0.2) is 0 Å². The Balaban J connectivity index is 2.67. The molecule has 0 aliphatic carbocycles. The van der Waals surface area contributed by atoms with E-state index in [1.54, 1.807) is 24.3 Å². The van der Waals surface area contributed by atoms with Crippen LogP contribution in [0.5, 0.6) is 0 Å². The zero-order chi connectivity index (χ0) is 12.4. The Kier molecular flexibility index (Phi) is 3.06. The summed E-state index contributed by atoms with van der Waals surface area (Å²) in [4.78, 5) is 22.4. The van der Waals surface area contributed by atoms with Gasteiger partial charge in [-0.3, -0.25) is 4.79 Å². The third-order valence-corrected chi connectivity index (χ3v) is 2.75. The summed E-state index contributed by atoms with van der Waals surface area (Å²) in [5.74, 6) is -1.27. The van der Waals surface area contributed by atoms with Crippen LogP contribution in [0, 0.1) is 0 Å². The van der Waals surface area contributed by atoms with Crippen molar-refractivity contribution in [1.29, 1.82) is 0 Å². The van der Waals surface area contributed by atoms with Crippen molar-refractivity contribution >= 4 is 21.9 Å². The Labute approximate surface area is 104 Å². The maximum absolute atomic E-state index is 11.4. The van der Waals surface area contributed by atoms with E-state index in [0.717, 1.165) is 4.47 Å². The maximum atomic E-state index is 11.4. The Morgan fingerprint density at radius 1 is 1.29 bits per heavy atom. The molecule has 0 spiro atoms. The molecule has 0 saturated carbocycles. The standard InChI is InChI=1S/C11H7BrN2O3/c12-7-3-1-6(2-4-7)8-5-13-14-10(15)9(8)11(16)17/h1-5H,(H,14,15)(H,16,17). The molecule has 6 heteroatoms. The first-order chi connectivity index (χ1) is 8.09. The summed E-state index contributed by atoms with van der Waals surface area (Å²) in [5, 5.41) is 14.7. The lowest BCUT2D eigenvalue weighted by molar-refractivity contribution is 0.0695. The number of carboxylic acids is 1. The molecule has 2 N–H and O–H groups in total. The Bertz CT molecular complexity index is 619. The molecule has 0 unspecified atom stereocenters. The first-order valence-electron chi connectivity index (χ1n) is 4.66. The number of hydrogen-bond acceptors (Lipinski definition) is 3. The lowest BCUT2D eigenvalue weighted by atomic mass is 10.0. The number of rotatable bonds is 2. The van der Waals surface area contributed by atoms with Crippen LogP contribution < -0.4 is 5.56 Å². The van der Waals surface area contributed by atoms with E-state index in [4.69, 9.17) is 5.11 Å². The Morgan fingerprint density at radius 2 is 1.94 bits per heavy atom. The second-order valence-electron chi connectivity index (χ2n) is 3.30. The average molecular weight is 295 g/mol. The van der Waals surface area contributed by atoms with Crippen molar-refractivity contribution < 1.29 is 9.90 Å². The number of benzene rings is 1. The molecule has 0 saturated heterocycles. The molecule has 0 aliphatic rings. The molecule has 0 radical (unpaired) electrons. The van der Waals surface area contributed by atoms with E-state index in [9.17, 15) is 9.59 Å². The third kappa shape index (κ3) is 2.26. The van der Waals surface area contributed by atoms with Crippen molar-refractivity contribution in [2.45, 2.75) is 0 Å². The van der Waals surface area contributed by atoms with Crippen LogP contribution in [0.2, 0.25) is 0 Å². The van der Waals surface area contributed by atoms with Crippen LogP contribution in [-0.2, 0) is 0 Å². The molecule has 17 heavy (non-hydrogen) atoms. The fourth-order valence-corrected chi connectivity index (χ4v) is 1.72. The predicted molar refractivity (Wildman–Crippen MR) is 65.0 cm³/mol. The van der Waals surface area contributed by atoms with Crippen LogP contribution in [-0.4, -0.2) is 21.3 Å². The third-order valence-electron chi connectivity index (χ3n) is 2.23. The zero-order valence-corrected chi connectivity index (χ0v) is 10.1. The molecular weight excluding hydrogens is 288 g/mol. The normalized spacial score (nSPS) is 10.2. The van der Waals surface area contributed by atoms with E-state index in [1.807, 2.05) is 0 Å². The molecule has 1 aromatic carbocycles. The molecule has 0 aliphatic heterocycles. The topological polar surface area (TPSA) is 83.0 Å². The predicted octanol–water partition coefficient (Wildman–Crippen LogP) is 1.90. The summed E-state index contributed by atoms with van der Waals surface area (Å²) in [7, 11) is 0. The van der Waals surface area contributed by atoms with Crippen LogP contribution in [0.1, 0.15) is 10.4 Å². The van der Waals surface area contributed by atoms with Gasteiger partial charge in [-0.25, -0.2) is 9.89 Å². The molecule has 1 heterocycles. The lowest BCUT2D eigenvalue weighted by Crippen LogP contribution is -2.19. The molecule has 2 aromatic rings. The Hall–Kier alpha value is -1.95. The van der Waals surface area contributed by atoms with E-state index in [2.05, 4.69) is 26.1 Å². The van der Waals surface area contributed by atoms with Crippen molar-refractivity contribution in [1.82, 2.24) is 10.2 Å². The SMILES string of the molecule is O=C(O)c1c(-c2ccc(Br)cc2)cn[nH]c1=O. The van der Waals surface area contributed by atoms with Gasteiger partial charge in [-0.2, -0.15) is 5.10 Å². The first kappa shape index (κ1) is 11.5. The van der Waals surface area contributed by atoms with Crippen molar-refractivity contribution in [3.63, 3.8) is 0 Å². The second-order valence-corrected chi connectivity index (χ2v) is 4.22. The highest BCUT2D eigenvalue weighted by molar-refractivity contribution is 9.10. The minimum Gasteiger partial charge on any atom is -0.477 e. The zero-order valence-electron chi connectivity index (χ0n) is 8.48. The largest absolute Gasteiger partial charge is 0.477 e. The molecule has 2 rings (SSSR count). The summed E-state index contributed by atoms with van der Waals surface area (Å²) in [6.45, 7) is 0. The monoisotopic (exact) mass is 294 g/mol. The van der Waals surface area contributed by atoms with Crippen molar-refractivity contribution in [2.75, 3.05) is 0 Å². The molecule has 86 valence electrons. The minimum atomic E-state index is -1.27. The molecule has 0 fully saturated rings. The summed E-state index contributed by atoms with van der Waals surface area (Å²) >= 11 is 3.28. The number of aromatic carboxylic acids is 1. The fourth-order valence-electron chi connectivity index (χ4n) is 1.46. The highest BCUT2D eigenvalue weighted by atomic mass is 79.9. The maximum Gasteiger partial charge on any atom is 0.342 e. The number of hydrogen-bond donors (Lipinski definition) is 2. The van der Waals surface area contributed by atoms with Gasteiger partial charge >= 0.3 is 5.97 Å². The number of nitrogens with zero attached hydrogens (tertiary/aromatic N) is 1. The second kappa shape index (κ2) is 4.50. The summed E-state index contributed by atoms with van der Waals surface area (Å²) in [6.07, 6.45) is 1.33. The van der Waals surface area contributed by atoms with Gasteiger partial charge in [0.2, 0.25) is 0 Å². The molecule has 1 aromatic heterocycles. The fraction of sp³-hybridized carbons (Fsp3) is 0. The first-order valence-corrected chi connectivity index (χ1v) is 5.46. The van der Waals surface area contributed by atoms with Crippen LogP contribution in [0.25, 0.3) is 11.1 Å². The van der Waals surface area contributed by atoms with Gasteiger partial charge in [0, 0.05) is 10.0 Å². The number of H-pyrrole nitrogens is 1. The number of aromatic amines is 1. The van der Waals surface area contributed by atoms with Crippen molar-refractivity contribution in [2.24, 2.45) is 0 Å². The van der Waals surface area contributed by atoms with Crippen LogP contribution >= 0.6 is 15.9 Å². The van der Waals surface area contributed by atoms with Crippen LogP contribution in [0.4, 0.5) is 0 Å². The summed E-state index contributed by atoms with van der Waals surface area (Å²) in [5.41, 5.74) is -0.0850. The number of halogens is 1. The minimum absolute atomic E-state index is 0.300. The van der Waals surface area contributed by atoms with E-state index in [-0.39, 0.29) is 5.56 Å². The summed E-state index contributed by atoms with van der Waals surface area (Å²) in [6, 6.07) is 6.96. The molecule has 0 atom stereocenters. The van der Waals surface area contributed by atoms with Gasteiger partial charge < -0.3 is 5.11 Å². The van der Waals surface area contributed by atoms with Crippen LogP contribution in [0.3, 0.4) is 0 Å². The number of nitrogens with one attached hydrogen (secondary N) is 1. The van der Waals surface area contributed by atoms with E-state index < -0.39 is 11.5 Å². The molecule has 0 bridgehead atoms. The van der Waals surface area contributed by atoms with E-state index >= 15 is 0 Å². The Morgan fingerprint density at radius 3 is 2.53 bits per heavy atom. The van der Waals surface area contributed by atoms with Gasteiger partial charge in [0.25, 0.3) is 5.56 Å². The average Bonchev–Trinajstić information content (AvgIpc) is 2.29. The van der Waals surface area contributed by atoms with Crippen LogP contribution in [0.15, 0.2) is 39.7 Å². The van der Waals surface area contributed by atoms with Gasteiger partial charge in [-0.1, -0.05) is 28.1 Å². The molecule has 0 amide bonds. The van der Waals surface area contributed by atoms with Gasteiger partial charge in [-0.05, 0) is 17.7 Å². The molecular formula is C11H7BrN2O3. The highest BCUT2D eigenvalue weighted by Gasteiger charge is 2.16. The van der Waals surface area contributed by atoms with Gasteiger partial charge in [-0.15, -0.1) is 0 Å². The summed E-state index contributed by atoms with van der Waals surface area (Å²) < 4.78 is 0.871. The lowest BCUT2D eigenvalue weighted by Gasteiger charge is -2.04. The smallest absolute Gasteiger partial charge is 0.342 e. The van der Waals surface area contributed by atoms with Crippen molar-refractivity contribution in [3.8, 4) is 11.1 Å².